The van der Waals surface area contributed by atoms with Gasteiger partial charge in [0.1, 0.15) is 11.4 Å². The van der Waals surface area contributed by atoms with Gasteiger partial charge in [0.2, 0.25) is 0 Å². The van der Waals surface area contributed by atoms with Crippen molar-refractivity contribution in [2.24, 2.45) is 0 Å². The molecule has 168 valence electrons. The Morgan fingerprint density at radius 2 is 1.87 bits per heavy atom. The van der Waals surface area contributed by atoms with Crippen LogP contribution in [-0.2, 0) is 23.8 Å². The zero-order valence-electron chi connectivity index (χ0n) is 18.3. The Hall–Kier alpha value is -3.23. The Balaban J connectivity index is 1.91. The number of benzene rings is 1. The molecule has 2 aliphatic rings. The van der Waals surface area contributed by atoms with Crippen LogP contribution in [0.2, 0.25) is 0 Å². The summed E-state index contributed by atoms with van der Waals surface area (Å²) in [5.41, 5.74) is 0.547. The van der Waals surface area contributed by atoms with Crippen molar-refractivity contribution in [2.45, 2.75) is 64.4 Å². The van der Waals surface area contributed by atoms with E-state index in [0.717, 1.165) is 11.3 Å². The summed E-state index contributed by atoms with van der Waals surface area (Å²) in [5.74, 6) is -4.19. The normalized spacial score (nSPS) is 20.7. The summed E-state index contributed by atoms with van der Waals surface area (Å²) >= 11 is 0. The molecule has 1 aromatic carbocycles. The van der Waals surface area contributed by atoms with Crippen LogP contribution in [0.15, 0.2) is 35.6 Å². The Kier molecular flexibility index (Phi) is 5.89. The second kappa shape index (κ2) is 8.13. The van der Waals surface area contributed by atoms with Crippen LogP contribution in [0.4, 0.5) is 10.5 Å². The van der Waals surface area contributed by atoms with Crippen LogP contribution < -0.4 is 10.6 Å². The summed E-state index contributed by atoms with van der Waals surface area (Å²) in [6.07, 6.45) is -0.579. The lowest BCUT2D eigenvalue weighted by molar-refractivity contribution is -0.222. The van der Waals surface area contributed by atoms with Crippen LogP contribution in [0.5, 0.6) is 0 Å². The Bertz CT molecular complexity index is 908. The fourth-order valence-electron chi connectivity index (χ4n) is 3.58. The number of carbonyl (C=O) groups is 3. The van der Waals surface area contributed by atoms with Crippen LogP contribution >= 0.6 is 0 Å². The largest absolute Gasteiger partial charge is 0.509 e. The molecule has 1 saturated heterocycles. The molecule has 0 radical (unpaired) electrons. The molecule has 3 N–H and O–H groups in total. The molecule has 0 saturated carbocycles. The molecule has 1 aromatic rings. The minimum absolute atomic E-state index is 0.0917. The fourth-order valence-corrected chi connectivity index (χ4v) is 3.58. The third kappa shape index (κ3) is 5.28. The van der Waals surface area contributed by atoms with E-state index >= 15 is 0 Å². The zero-order valence-corrected chi connectivity index (χ0v) is 18.3. The number of rotatable bonds is 4. The minimum atomic E-state index is -1.44. The number of fused-ring (bicyclic) bond motifs is 1. The third-order valence-electron chi connectivity index (χ3n) is 4.82. The number of aliphatic hydroxyl groups excluding tert-OH is 1. The van der Waals surface area contributed by atoms with Crippen LogP contribution in [0.25, 0.3) is 0 Å². The molecule has 31 heavy (non-hydrogen) atoms. The van der Waals surface area contributed by atoms with E-state index in [0.29, 0.717) is 6.54 Å². The van der Waals surface area contributed by atoms with Gasteiger partial charge in [0.05, 0.1) is 6.04 Å². The predicted molar refractivity (Wildman–Crippen MR) is 111 cm³/mol. The first-order valence-corrected chi connectivity index (χ1v) is 10.1. The third-order valence-corrected chi connectivity index (χ3v) is 4.82. The van der Waals surface area contributed by atoms with Crippen LogP contribution in [-0.4, -0.2) is 47.1 Å². The van der Waals surface area contributed by atoms with Gasteiger partial charge in [-0.25, -0.2) is 14.4 Å². The predicted octanol–water partition coefficient (Wildman–Crippen LogP) is 3.13. The van der Waals surface area contributed by atoms with Gasteiger partial charge < -0.3 is 30.0 Å². The highest BCUT2D eigenvalue weighted by atomic mass is 16.7. The molecule has 2 heterocycles. The zero-order chi connectivity index (χ0) is 23.0. The van der Waals surface area contributed by atoms with E-state index in [1.54, 1.807) is 20.8 Å². The average Bonchev–Trinajstić information content (AvgIpc) is 3.01. The minimum Gasteiger partial charge on any atom is -0.509 e. The maximum absolute atomic E-state index is 12.4. The molecule has 9 heteroatoms. The van der Waals surface area contributed by atoms with Crippen molar-refractivity contribution in [2.75, 3.05) is 11.9 Å². The summed E-state index contributed by atoms with van der Waals surface area (Å²) < 4.78 is 15.5. The number of cyclic esters (lactones) is 2. The van der Waals surface area contributed by atoms with Crippen molar-refractivity contribution >= 4 is 23.7 Å². The van der Waals surface area contributed by atoms with Gasteiger partial charge in [-0.3, -0.25) is 0 Å². The Labute approximate surface area is 180 Å². The van der Waals surface area contributed by atoms with Gasteiger partial charge >= 0.3 is 18.0 Å². The first-order chi connectivity index (χ1) is 14.4. The van der Waals surface area contributed by atoms with E-state index < -0.39 is 46.8 Å². The standard InChI is InChI=1S/C22H28N2O7/c1-21(2,3)31-20(28)24-15(10-12-11-23-14-9-7-6-8-13(12)14)17(25)16-18(26)29-22(4,5)30-19(16)27/h6-9,12,15,23,25H,10-11H2,1-5H3,(H,24,28)/t12?,15-/m1/s1. The van der Waals surface area contributed by atoms with Crippen LogP contribution in [0.3, 0.4) is 0 Å². The molecular formula is C22H28N2O7. The Morgan fingerprint density at radius 1 is 1.26 bits per heavy atom. The summed E-state index contributed by atoms with van der Waals surface area (Å²) in [4.78, 5) is 37.3. The van der Waals surface area contributed by atoms with Crippen LogP contribution in [0, 0.1) is 0 Å². The van der Waals surface area contributed by atoms with E-state index in [1.807, 2.05) is 24.3 Å². The summed E-state index contributed by atoms with van der Waals surface area (Å²) in [6, 6.07) is 6.59. The number of aliphatic hydroxyl groups is 1. The molecule has 1 fully saturated rings. The van der Waals surface area contributed by atoms with Gasteiger partial charge in [-0.15, -0.1) is 0 Å². The van der Waals surface area contributed by atoms with E-state index in [-0.39, 0.29) is 12.3 Å². The number of para-hydroxylation sites is 1. The maximum Gasteiger partial charge on any atom is 0.408 e. The smallest absolute Gasteiger partial charge is 0.408 e. The van der Waals surface area contributed by atoms with E-state index in [4.69, 9.17) is 14.2 Å². The molecule has 1 amide bonds. The molecular weight excluding hydrogens is 404 g/mol. The van der Waals surface area contributed by atoms with Gasteiger partial charge in [-0.1, -0.05) is 18.2 Å². The summed E-state index contributed by atoms with van der Waals surface area (Å²) in [6.45, 7) is 8.50. The number of ether oxygens (including phenoxy) is 3. The number of esters is 2. The van der Waals surface area contributed by atoms with Gasteiger partial charge in [0.25, 0.3) is 5.79 Å². The Morgan fingerprint density at radius 3 is 2.48 bits per heavy atom. The van der Waals surface area contributed by atoms with Crippen molar-refractivity contribution in [3.63, 3.8) is 0 Å². The maximum atomic E-state index is 12.4. The molecule has 2 aliphatic heterocycles. The molecule has 2 atom stereocenters. The number of carbonyl (C=O) groups excluding carboxylic acids is 3. The lowest BCUT2D eigenvalue weighted by Gasteiger charge is -2.31. The van der Waals surface area contributed by atoms with Crippen LogP contribution in [0.1, 0.15) is 52.5 Å². The topological polar surface area (TPSA) is 123 Å². The molecule has 3 rings (SSSR count). The number of anilines is 1. The summed E-state index contributed by atoms with van der Waals surface area (Å²) in [7, 11) is 0. The van der Waals surface area contributed by atoms with Gasteiger partial charge in [0.15, 0.2) is 5.57 Å². The van der Waals surface area contributed by atoms with Crippen molar-refractivity contribution in [1.82, 2.24) is 5.32 Å². The fraction of sp³-hybridized carbons (Fsp3) is 0.500. The second-order valence-electron chi connectivity index (χ2n) is 9.04. The highest BCUT2D eigenvalue weighted by Crippen LogP contribution is 2.35. The molecule has 1 unspecified atom stereocenters. The monoisotopic (exact) mass is 432 g/mol. The van der Waals surface area contributed by atoms with Crippen molar-refractivity contribution in [1.29, 1.82) is 0 Å². The average molecular weight is 432 g/mol. The first kappa shape index (κ1) is 22.5. The van der Waals surface area contributed by atoms with Crippen molar-refractivity contribution < 1.29 is 33.7 Å². The van der Waals surface area contributed by atoms with Gasteiger partial charge in [-0.2, -0.15) is 0 Å². The first-order valence-electron chi connectivity index (χ1n) is 10.1. The molecule has 0 bridgehead atoms. The quantitative estimate of drug-likeness (QED) is 0.287. The SMILES string of the molecule is CC(C)(C)OC(=O)N[C@H](CC1CNc2ccccc21)C(O)=C1C(=O)OC(C)(C)OC1=O. The molecule has 9 nitrogen and oxygen atoms in total. The number of hydrogen-bond acceptors (Lipinski definition) is 8. The highest BCUT2D eigenvalue weighted by molar-refractivity contribution is 6.15. The number of nitrogens with one attached hydrogen (secondary N) is 2. The molecule has 0 spiro atoms. The highest BCUT2D eigenvalue weighted by Gasteiger charge is 2.43. The lowest BCUT2D eigenvalue weighted by atomic mass is 9.92. The van der Waals surface area contributed by atoms with E-state index in [1.165, 1.54) is 13.8 Å². The second-order valence-corrected chi connectivity index (χ2v) is 9.04. The van der Waals surface area contributed by atoms with Gasteiger partial charge in [0, 0.05) is 32.0 Å². The number of amides is 1. The number of alkyl carbamates (subject to hydrolysis) is 1. The van der Waals surface area contributed by atoms with Crippen molar-refractivity contribution in [3.8, 4) is 0 Å². The van der Waals surface area contributed by atoms with Crippen molar-refractivity contribution in [3.05, 3.63) is 41.2 Å². The summed E-state index contributed by atoms with van der Waals surface area (Å²) in [5, 5.41) is 16.7. The van der Waals surface area contributed by atoms with E-state index in [2.05, 4.69) is 10.6 Å². The number of hydrogen-bond donors (Lipinski definition) is 3. The molecule has 0 aliphatic carbocycles. The lowest BCUT2D eigenvalue weighted by Crippen LogP contribution is -2.46. The van der Waals surface area contributed by atoms with Gasteiger partial charge in [-0.05, 0) is 38.8 Å². The molecule has 0 aromatic heterocycles. The van der Waals surface area contributed by atoms with E-state index in [9.17, 15) is 19.5 Å².